The first kappa shape index (κ1) is 20.5. The van der Waals surface area contributed by atoms with Crippen LogP contribution in [0.1, 0.15) is 72.0 Å². The summed E-state index contributed by atoms with van der Waals surface area (Å²) in [5, 5.41) is 3.66. The molecule has 0 unspecified atom stereocenters. The average molecular weight is 421 g/mol. The summed E-state index contributed by atoms with van der Waals surface area (Å²) in [4.78, 5) is 15.3. The zero-order valence-electron chi connectivity index (χ0n) is 18.7. The van der Waals surface area contributed by atoms with Crippen LogP contribution in [0.5, 0.6) is 5.75 Å². The van der Waals surface area contributed by atoms with Crippen molar-refractivity contribution in [2.45, 2.75) is 69.7 Å². The number of nitrogens with one attached hydrogen (secondary N) is 1. The summed E-state index contributed by atoms with van der Waals surface area (Å²) in [7, 11) is 3.47. The number of fused-ring (bicyclic) bond motifs is 1. The van der Waals surface area contributed by atoms with Crippen molar-refractivity contribution in [1.82, 2.24) is 5.32 Å². The summed E-state index contributed by atoms with van der Waals surface area (Å²) in [5.74, 6) is 1.39. The van der Waals surface area contributed by atoms with Crippen molar-refractivity contribution in [1.29, 1.82) is 0 Å². The molecule has 0 bridgehead atoms. The first-order valence-electron chi connectivity index (χ1n) is 11.4. The Morgan fingerprint density at radius 1 is 1.16 bits per heavy atom. The predicted molar refractivity (Wildman–Crippen MR) is 122 cm³/mol. The molecule has 3 aliphatic rings. The molecule has 0 radical (unpaired) electrons. The van der Waals surface area contributed by atoms with E-state index >= 15 is 0 Å². The highest BCUT2D eigenvalue weighted by molar-refractivity contribution is 6.10. The number of carbonyl (C=O) groups excluding carboxylic acids is 1. The maximum Gasteiger partial charge on any atom is 0.259 e. The molecule has 0 saturated heterocycles. The van der Waals surface area contributed by atoms with Gasteiger partial charge < -0.3 is 19.7 Å². The molecule has 2 aromatic carbocycles. The smallest absolute Gasteiger partial charge is 0.259 e. The second-order valence-corrected chi connectivity index (χ2v) is 9.60. The molecule has 5 nitrogen and oxygen atoms in total. The minimum atomic E-state index is 0.0607. The molecule has 0 atom stereocenters. The van der Waals surface area contributed by atoms with Gasteiger partial charge in [0.2, 0.25) is 0 Å². The number of benzene rings is 2. The van der Waals surface area contributed by atoms with Crippen molar-refractivity contribution in [3.05, 3.63) is 58.7 Å². The zero-order chi connectivity index (χ0) is 21.6. The van der Waals surface area contributed by atoms with Crippen LogP contribution < -0.4 is 15.0 Å². The van der Waals surface area contributed by atoms with Gasteiger partial charge in [-0.25, -0.2) is 0 Å². The molecule has 5 heteroatoms. The van der Waals surface area contributed by atoms with E-state index in [1.54, 1.807) is 14.2 Å². The number of amides is 1. The molecule has 1 N–H and O–H groups in total. The second-order valence-electron chi connectivity index (χ2n) is 9.60. The van der Waals surface area contributed by atoms with Gasteiger partial charge in [0.05, 0.1) is 19.8 Å². The van der Waals surface area contributed by atoms with Crippen molar-refractivity contribution >= 4 is 11.6 Å². The number of ether oxygens (including phenoxy) is 2. The van der Waals surface area contributed by atoms with Crippen molar-refractivity contribution in [2.75, 3.05) is 19.1 Å². The number of hydrogen-bond donors (Lipinski definition) is 1. The lowest BCUT2D eigenvalue weighted by atomic mass is 9.77. The predicted octanol–water partition coefficient (Wildman–Crippen LogP) is 4.78. The lowest BCUT2D eigenvalue weighted by Gasteiger charge is -2.39. The summed E-state index contributed by atoms with van der Waals surface area (Å²) >= 11 is 0. The topological polar surface area (TPSA) is 50.8 Å². The van der Waals surface area contributed by atoms with E-state index in [1.807, 2.05) is 17.0 Å². The van der Waals surface area contributed by atoms with E-state index in [0.29, 0.717) is 18.6 Å². The highest BCUT2D eigenvalue weighted by Crippen LogP contribution is 2.41. The average Bonchev–Trinajstić information content (AvgIpc) is 3.06. The number of hydrogen-bond acceptors (Lipinski definition) is 4. The highest BCUT2D eigenvalue weighted by Gasteiger charge is 2.35. The summed E-state index contributed by atoms with van der Waals surface area (Å²) in [6, 6.07) is 12.6. The normalized spacial score (nSPS) is 23.8. The van der Waals surface area contributed by atoms with E-state index < -0.39 is 0 Å². The molecular formula is C26H32N2O3. The van der Waals surface area contributed by atoms with E-state index in [1.165, 1.54) is 24.8 Å². The minimum absolute atomic E-state index is 0.0607. The maximum atomic E-state index is 13.4. The van der Waals surface area contributed by atoms with E-state index in [2.05, 4.69) is 36.5 Å². The Morgan fingerprint density at radius 3 is 2.65 bits per heavy atom. The number of nitrogens with zero attached hydrogens (tertiary/aromatic N) is 1. The summed E-state index contributed by atoms with van der Waals surface area (Å²) in [6.07, 6.45) is 6.18. The van der Waals surface area contributed by atoms with Crippen LogP contribution in [0.25, 0.3) is 0 Å². The van der Waals surface area contributed by atoms with Gasteiger partial charge in [0.15, 0.2) is 0 Å². The van der Waals surface area contributed by atoms with Crippen LogP contribution in [0.3, 0.4) is 0 Å². The molecule has 1 heterocycles. The quantitative estimate of drug-likeness (QED) is 0.700. The fourth-order valence-corrected chi connectivity index (χ4v) is 5.10. The largest absolute Gasteiger partial charge is 0.496 e. The molecule has 164 valence electrons. The second kappa shape index (κ2) is 7.95. The molecular weight excluding hydrogens is 388 g/mol. The van der Waals surface area contributed by atoms with Crippen LogP contribution in [0, 0.1) is 0 Å². The molecule has 2 aromatic rings. The molecule has 0 spiro atoms. The Morgan fingerprint density at radius 2 is 1.97 bits per heavy atom. The maximum absolute atomic E-state index is 13.4. The van der Waals surface area contributed by atoms with Gasteiger partial charge in [-0.3, -0.25) is 4.79 Å². The fraction of sp³-hybridized carbons (Fsp3) is 0.500. The van der Waals surface area contributed by atoms with E-state index in [-0.39, 0.29) is 11.4 Å². The Labute approximate surface area is 184 Å². The summed E-state index contributed by atoms with van der Waals surface area (Å²) in [6.45, 7) is 3.58. The molecule has 2 saturated carbocycles. The van der Waals surface area contributed by atoms with E-state index in [4.69, 9.17) is 9.47 Å². The number of rotatable bonds is 7. The summed E-state index contributed by atoms with van der Waals surface area (Å²) in [5.41, 5.74) is 5.34. The first-order chi connectivity index (χ1) is 15.0. The Balaban J connectivity index is 1.37. The van der Waals surface area contributed by atoms with Crippen LogP contribution in [0.15, 0.2) is 36.4 Å². The van der Waals surface area contributed by atoms with E-state index in [9.17, 15) is 4.79 Å². The number of carbonyl (C=O) groups is 1. The lowest BCUT2D eigenvalue weighted by molar-refractivity contribution is 0.0258. The third-order valence-electron chi connectivity index (χ3n) is 7.54. The molecule has 5 rings (SSSR count). The first-order valence-corrected chi connectivity index (χ1v) is 11.4. The minimum Gasteiger partial charge on any atom is -0.496 e. The third-order valence-corrected chi connectivity index (χ3v) is 7.54. The van der Waals surface area contributed by atoms with Crippen LogP contribution >= 0.6 is 0 Å². The van der Waals surface area contributed by atoms with Crippen LogP contribution in [-0.4, -0.2) is 31.8 Å². The SMILES string of the molecule is COc1cc(CNC2(C)CCC2)cc2c1CN(c1cccc(C3CC(OC)C3)c1)C2=O. The Kier molecular flexibility index (Phi) is 5.27. The molecule has 1 aliphatic heterocycles. The Bertz CT molecular complexity index is 992. The number of methoxy groups -OCH3 is 2. The van der Waals surface area contributed by atoms with Crippen molar-refractivity contribution in [2.24, 2.45) is 0 Å². The molecule has 31 heavy (non-hydrogen) atoms. The van der Waals surface area contributed by atoms with Gasteiger partial charge in [-0.2, -0.15) is 0 Å². The lowest BCUT2D eigenvalue weighted by Crippen LogP contribution is -2.47. The van der Waals surface area contributed by atoms with Crippen LogP contribution in [0.4, 0.5) is 5.69 Å². The number of anilines is 1. The van der Waals surface area contributed by atoms with Gasteiger partial charge in [-0.05, 0) is 80.3 Å². The molecule has 2 fully saturated rings. The van der Waals surface area contributed by atoms with Crippen LogP contribution in [0.2, 0.25) is 0 Å². The van der Waals surface area contributed by atoms with Gasteiger partial charge in [0, 0.05) is 36.0 Å². The van der Waals surface area contributed by atoms with Crippen molar-refractivity contribution in [3.63, 3.8) is 0 Å². The van der Waals surface area contributed by atoms with Crippen molar-refractivity contribution in [3.8, 4) is 5.75 Å². The molecule has 1 amide bonds. The highest BCUT2D eigenvalue weighted by atomic mass is 16.5. The van der Waals surface area contributed by atoms with Crippen molar-refractivity contribution < 1.29 is 14.3 Å². The fourth-order valence-electron chi connectivity index (χ4n) is 5.10. The molecule has 0 aromatic heterocycles. The van der Waals surface area contributed by atoms with Gasteiger partial charge in [0.1, 0.15) is 5.75 Å². The van der Waals surface area contributed by atoms with Gasteiger partial charge in [0.25, 0.3) is 5.91 Å². The van der Waals surface area contributed by atoms with E-state index in [0.717, 1.165) is 47.5 Å². The monoisotopic (exact) mass is 420 g/mol. The Hall–Kier alpha value is -2.37. The summed E-state index contributed by atoms with van der Waals surface area (Å²) < 4.78 is 11.1. The van der Waals surface area contributed by atoms with Gasteiger partial charge in [-0.1, -0.05) is 12.1 Å². The third kappa shape index (κ3) is 3.74. The zero-order valence-corrected chi connectivity index (χ0v) is 18.7. The van der Waals surface area contributed by atoms with Gasteiger partial charge >= 0.3 is 0 Å². The van der Waals surface area contributed by atoms with Crippen LogP contribution in [-0.2, 0) is 17.8 Å². The van der Waals surface area contributed by atoms with Gasteiger partial charge in [-0.15, -0.1) is 0 Å². The molecule has 2 aliphatic carbocycles. The standard InChI is InChI=1S/C26H32N2O3/c1-26(8-5-9-26)27-15-17-10-22-23(24(11-17)31-3)16-28(25(22)29)20-7-4-6-18(12-20)19-13-21(14-19)30-2/h4,6-7,10-12,19,21,27H,5,8-9,13-16H2,1-3H3.